The van der Waals surface area contributed by atoms with E-state index in [-0.39, 0.29) is 77.2 Å². The number of imidazole rings is 1. The van der Waals surface area contributed by atoms with E-state index in [4.69, 9.17) is 63.2 Å². The Morgan fingerprint density at radius 3 is 1.99 bits per heavy atom. The van der Waals surface area contributed by atoms with E-state index in [2.05, 4.69) is 15.6 Å². The highest BCUT2D eigenvalue weighted by Gasteiger charge is 2.66. The van der Waals surface area contributed by atoms with Crippen LogP contribution in [-0.4, -0.2) is 132 Å². The Morgan fingerprint density at radius 1 is 0.800 bits per heavy atom. The molecule has 1 aromatic heterocycles. The van der Waals surface area contributed by atoms with Gasteiger partial charge in [-0.1, -0.05) is 34.6 Å². The minimum absolute atomic E-state index is 0.0114. The number of aromatic nitrogens is 2. The molecule has 7 heterocycles. The van der Waals surface area contributed by atoms with Crippen LogP contribution < -0.4 is 45.0 Å². The van der Waals surface area contributed by atoms with Crippen LogP contribution in [0.3, 0.4) is 0 Å². The van der Waals surface area contributed by atoms with Gasteiger partial charge < -0.3 is 69.4 Å². The van der Waals surface area contributed by atoms with Gasteiger partial charge in [-0.05, 0) is 108 Å². The zero-order chi connectivity index (χ0) is 66.7. The van der Waals surface area contributed by atoms with Gasteiger partial charge in [0.05, 0.1) is 41.7 Å². The first-order valence-electron chi connectivity index (χ1n) is 30.6. The van der Waals surface area contributed by atoms with Crippen molar-refractivity contribution >= 4 is 77.3 Å². The zero-order valence-electron chi connectivity index (χ0n) is 53.3. The number of nitrogens with two attached hydrogens (primary N) is 6. The number of benzene rings is 1. The summed E-state index contributed by atoms with van der Waals surface area (Å²) in [5, 5.41) is 28.2. The van der Waals surface area contributed by atoms with Gasteiger partial charge in [0.1, 0.15) is 18.3 Å². The van der Waals surface area contributed by atoms with E-state index in [1.165, 1.54) is 13.3 Å². The molecule has 1 aromatic carbocycles. The Kier molecular flexibility index (Phi) is 19.6. The fourth-order valence-electron chi connectivity index (χ4n) is 15.4. The molecular weight excluding hydrogens is 1180 g/mol. The van der Waals surface area contributed by atoms with Gasteiger partial charge in [-0.25, -0.2) is 9.55 Å². The molecule has 2 saturated heterocycles. The summed E-state index contributed by atoms with van der Waals surface area (Å²) >= 11 is 0. The summed E-state index contributed by atoms with van der Waals surface area (Å²) in [6, 6.07) is 2.70. The number of aryl methyl sites for hydroxylation is 2. The largest absolute Gasteiger partial charge is 0.472 e. The number of allylic oxidation sites excluding steroid dienone is 6. The number of fused-ring (bicyclic) bond motifs is 7. The second-order valence-corrected chi connectivity index (χ2v) is 28.4. The highest BCUT2D eigenvalue weighted by molar-refractivity contribution is 7.47. The van der Waals surface area contributed by atoms with E-state index in [0.717, 1.165) is 11.1 Å². The van der Waals surface area contributed by atoms with Gasteiger partial charge in [-0.3, -0.25) is 57.6 Å². The number of phosphoric ester groups is 1. The molecule has 28 heteroatoms. The number of carbonyl (C=O) groups is 7. The number of rotatable bonds is 26. The van der Waals surface area contributed by atoms with E-state index >= 15 is 0 Å². The van der Waals surface area contributed by atoms with Crippen LogP contribution in [0.1, 0.15) is 150 Å². The molecule has 27 nitrogen and oxygen atoms in total. The van der Waals surface area contributed by atoms with Gasteiger partial charge >= 0.3 is 7.82 Å². The molecule has 0 spiro atoms. The predicted octanol–water partition coefficient (Wildman–Crippen LogP) is 3.16. The number of hydrogen-bond acceptors (Lipinski definition) is 18. The Morgan fingerprint density at radius 2 is 1.40 bits per heavy atom. The molecule has 492 valence electrons. The highest BCUT2D eigenvalue weighted by Crippen LogP contribution is 2.63. The quantitative estimate of drug-likeness (QED) is 0.0603. The van der Waals surface area contributed by atoms with Crippen molar-refractivity contribution in [2.75, 3.05) is 13.2 Å². The normalized spacial score (nSPS) is 32.0. The van der Waals surface area contributed by atoms with Crippen LogP contribution >= 0.6 is 7.82 Å². The second-order valence-electron chi connectivity index (χ2n) is 27.1. The van der Waals surface area contributed by atoms with Gasteiger partial charge in [-0.2, -0.15) is 0 Å². The second kappa shape index (κ2) is 25.6. The Labute approximate surface area is 523 Å². The topological polar surface area (TPSA) is 460 Å². The number of nitrogens with zero attached hydrogens (tertiary/aromatic N) is 5. The molecule has 0 aliphatic carbocycles. The molecule has 0 radical (unpaired) electrons. The molecule has 0 saturated carbocycles. The van der Waals surface area contributed by atoms with Crippen molar-refractivity contribution in [3.8, 4) is 0 Å². The number of ether oxygens (including phenoxy) is 1. The van der Waals surface area contributed by atoms with Crippen LogP contribution in [0.4, 0.5) is 0 Å². The van der Waals surface area contributed by atoms with Crippen LogP contribution in [0.2, 0.25) is 0 Å². The first-order valence-corrected chi connectivity index (χ1v) is 32.1. The lowest BCUT2D eigenvalue weighted by atomic mass is 9.55. The number of aliphatic imine (C=N–C) groups is 3. The number of aliphatic hydroxyl groups excluding tert-OH is 2. The van der Waals surface area contributed by atoms with Crippen molar-refractivity contribution < 1.29 is 67.0 Å². The lowest BCUT2D eigenvalue weighted by molar-refractivity contribution is -0.124. The minimum Gasteiger partial charge on any atom is -0.394 e. The van der Waals surface area contributed by atoms with Crippen molar-refractivity contribution in [3.05, 3.63) is 63.9 Å². The molecule has 6 aliphatic rings. The van der Waals surface area contributed by atoms with Crippen LogP contribution in [-0.2, 0) is 51.9 Å². The summed E-state index contributed by atoms with van der Waals surface area (Å²) in [4.78, 5) is 126. The molecule has 6 aliphatic heterocycles. The lowest BCUT2D eigenvalue weighted by Crippen LogP contribution is -2.56. The van der Waals surface area contributed by atoms with Crippen LogP contribution in [0.25, 0.3) is 11.0 Å². The lowest BCUT2D eigenvalue weighted by Gasteiger charge is -2.48. The molecule has 17 N–H and O–H groups in total. The van der Waals surface area contributed by atoms with E-state index in [1.807, 2.05) is 87.4 Å². The Hall–Kier alpha value is -7.00. The summed E-state index contributed by atoms with van der Waals surface area (Å²) < 4.78 is 32.3. The summed E-state index contributed by atoms with van der Waals surface area (Å²) in [7, 11) is -5.07. The summed E-state index contributed by atoms with van der Waals surface area (Å²) in [6.07, 6.45) is -4.26. The molecule has 90 heavy (non-hydrogen) atoms. The molecule has 8 rings (SSSR count). The van der Waals surface area contributed by atoms with Gasteiger partial charge in [0.2, 0.25) is 41.4 Å². The predicted molar refractivity (Wildman–Crippen MR) is 334 cm³/mol. The molecule has 11 unspecified atom stereocenters. The summed E-state index contributed by atoms with van der Waals surface area (Å²) in [6.45, 7) is 19.3. The monoisotopic (exact) mass is 1270 g/mol. The average molecular weight is 1270 g/mol. The maximum atomic E-state index is 14.4. The average Bonchev–Trinajstić information content (AvgIpc) is 1.53. The van der Waals surface area contributed by atoms with Crippen molar-refractivity contribution in [2.24, 2.45) is 94.7 Å². The number of carbonyl (C=O) groups excluding carboxylic acids is 7. The Balaban J connectivity index is 1.19. The van der Waals surface area contributed by atoms with E-state index in [9.17, 15) is 53.2 Å². The third-order valence-corrected chi connectivity index (χ3v) is 21.7. The fraction of sp³-hybridized carbons (Fsp3) is 0.629. The zero-order valence-corrected chi connectivity index (χ0v) is 54.1. The maximum Gasteiger partial charge on any atom is 0.472 e. The summed E-state index contributed by atoms with van der Waals surface area (Å²) in [5.41, 5.74) is 37.4. The van der Waals surface area contributed by atoms with Gasteiger partial charge in [0.15, 0.2) is 6.23 Å². The third-order valence-electron chi connectivity index (χ3n) is 20.6. The number of phosphoric acid groups is 1. The standard InChI is InChI=1S/C62H90N13O14P/c1-29-20-39-40(21-30(29)2)75(28-70-39)57-52(84)53(41(27-76)87-57)89-90(85,86)88-31(3)26-69-49(83)18-19-59(8)37(22-46(66)80)56-62(11)61(10,25-48(68)82)36(14-17-45(65)79)51(74-62)33(5)55-60(9,24-47(67)81)34(12-15-43(63)77)38(71-55)23-42-58(6,7)35(13-16-44(64)78)50(72-42)32(4)54(59)73-56/h20-21,23,28,31,34-37,41,52-53,56-57,71,76,84H,12-19,22,24-27H2,1-11H3,(H2,63,77)(H2,64,78)(H2,65,79)(H2,66,80)(H2,67,81)(H2,68,82)(H,69,83)(H,85,86)/t31?,34?,35?,36?,37?,41-,52-,53-,56?,57+,59?,60?,61?,62?/m1/s1. The van der Waals surface area contributed by atoms with Gasteiger partial charge in [0, 0.05) is 131 Å². The number of aliphatic hydroxyl groups is 2. The number of primary amides is 6. The molecule has 2 fully saturated rings. The molecule has 7 amide bonds. The highest BCUT2D eigenvalue weighted by atomic mass is 31.2. The third kappa shape index (κ3) is 13.0. The smallest absolute Gasteiger partial charge is 0.394 e. The van der Waals surface area contributed by atoms with Crippen molar-refractivity contribution in [1.29, 1.82) is 0 Å². The molecule has 8 bridgehead atoms. The van der Waals surface area contributed by atoms with E-state index in [0.29, 0.717) is 56.4 Å². The van der Waals surface area contributed by atoms with Crippen molar-refractivity contribution in [3.63, 3.8) is 0 Å². The first kappa shape index (κ1) is 68.9. The molecular formula is C62H90N13O14P. The van der Waals surface area contributed by atoms with Crippen molar-refractivity contribution in [2.45, 2.75) is 189 Å². The van der Waals surface area contributed by atoms with Crippen LogP contribution in [0, 0.1) is 59.2 Å². The van der Waals surface area contributed by atoms with Gasteiger partial charge in [-0.15, -0.1) is 0 Å². The summed E-state index contributed by atoms with van der Waals surface area (Å²) in [5.74, 6) is -7.18. The minimum atomic E-state index is -5.07. The molecule has 2 aromatic rings. The number of hydrogen-bond donors (Lipinski definition) is 11. The van der Waals surface area contributed by atoms with E-state index in [1.54, 1.807) is 4.57 Å². The molecule has 15 atom stereocenters. The first-order chi connectivity index (χ1) is 41.8. The van der Waals surface area contributed by atoms with Crippen LogP contribution in [0.5, 0.6) is 0 Å². The number of nitrogens with one attached hydrogen (secondary N) is 2. The fourth-order valence-corrected chi connectivity index (χ4v) is 16.6. The van der Waals surface area contributed by atoms with E-state index < -0.39 is 143 Å². The van der Waals surface area contributed by atoms with Crippen molar-refractivity contribution in [1.82, 2.24) is 20.2 Å². The van der Waals surface area contributed by atoms with Crippen LogP contribution in [0.15, 0.2) is 67.8 Å². The SMILES string of the molecule is CC1=C2N=C(C=C3NC(=C(C)C4=NC(C)(C5N=C1C(C)(CCC(=O)NCC(C)OP(=O)(O)O[C@H]1[C@@H](O)[C@@H](n6cnc7cc(C)c(C)cc76)O[C@@H]1CO)C5CC(N)=O)C(C)(CC(N)=O)C4CCC(N)=O)C(C)(CC(N)=O)C3CCC(N)=O)C(C)(C)C2CCC(N)=O. The number of amides is 7. The maximum absolute atomic E-state index is 14.4. The Bertz CT molecular complexity index is 3540. The van der Waals surface area contributed by atoms with Gasteiger partial charge in [0.25, 0.3) is 0 Å².